The van der Waals surface area contributed by atoms with Gasteiger partial charge in [0.05, 0.1) is 4.32 Å². The van der Waals surface area contributed by atoms with Crippen molar-refractivity contribution < 1.29 is 9.59 Å². The number of nitrogens with one attached hydrogen (secondary N) is 1. The molecule has 138 valence electrons. The van der Waals surface area contributed by atoms with Gasteiger partial charge in [-0.1, -0.05) is 42.1 Å². The van der Waals surface area contributed by atoms with Crippen LogP contribution in [0.15, 0.2) is 24.3 Å². The maximum absolute atomic E-state index is 12.5. The van der Waals surface area contributed by atoms with Gasteiger partial charge in [0.1, 0.15) is 0 Å². The standard InChI is InChI=1S/C21H30BrNO2/c1-4-5-6-15-7-9-17(10-8-15)20(25)23-18-13-11-16(12-14-18)19(24)21(2,3)22/h11-15,17H,4-10H2,1-3H3,(H,23,25). The highest BCUT2D eigenvalue weighted by Gasteiger charge is 2.27. The van der Waals surface area contributed by atoms with E-state index in [1.54, 1.807) is 12.1 Å². The van der Waals surface area contributed by atoms with Crippen LogP contribution in [-0.2, 0) is 4.79 Å². The molecule has 4 heteroatoms. The number of ketones is 1. The summed E-state index contributed by atoms with van der Waals surface area (Å²) in [7, 11) is 0. The monoisotopic (exact) mass is 407 g/mol. The quantitative estimate of drug-likeness (QED) is 0.446. The molecule has 0 atom stereocenters. The maximum Gasteiger partial charge on any atom is 0.227 e. The Morgan fingerprint density at radius 3 is 2.24 bits per heavy atom. The Bertz CT molecular complexity index is 581. The molecule has 0 spiro atoms. The molecule has 2 rings (SSSR count). The number of Topliss-reactive ketones (excluding diaryl/α,β-unsaturated/α-hetero) is 1. The van der Waals surface area contributed by atoms with Crippen LogP contribution in [0.4, 0.5) is 5.69 Å². The maximum atomic E-state index is 12.5. The molecule has 3 nitrogen and oxygen atoms in total. The normalized spacial score (nSPS) is 21.0. The number of unbranched alkanes of at least 4 members (excludes halogenated alkanes) is 1. The first-order chi connectivity index (χ1) is 11.8. The minimum Gasteiger partial charge on any atom is -0.326 e. The van der Waals surface area contributed by atoms with E-state index in [4.69, 9.17) is 0 Å². The van der Waals surface area contributed by atoms with Crippen LogP contribution < -0.4 is 5.32 Å². The largest absolute Gasteiger partial charge is 0.326 e. The third kappa shape index (κ3) is 5.95. The lowest BCUT2D eigenvalue weighted by Gasteiger charge is -2.27. The molecule has 0 bridgehead atoms. The van der Waals surface area contributed by atoms with Crippen LogP contribution >= 0.6 is 15.9 Å². The van der Waals surface area contributed by atoms with Gasteiger partial charge in [0.25, 0.3) is 0 Å². The number of amides is 1. The summed E-state index contributed by atoms with van der Waals surface area (Å²) in [5.74, 6) is 1.09. The highest BCUT2D eigenvalue weighted by atomic mass is 79.9. The molecule has 0 radical (unpaired) electrons. The van der Waals surface area contributed by atoms with Gasteiger partial charge >= 0.3 is 0 Å². The van der Waals surface area contributed by atoms with E-state index >= 15 is 0 Å². The van der Waals surface area contributed by atoms with E-state index in [9.17, 15) is 9.59 Å². The van der Waals surface area contributed by atoms with E-state index < -0.39 is 4.32 Å². The van der Waals surface area contributed by atoms with Crippen molar-refractivity contribution in [2.24, 2.45) is 11.8 Å². The highest BCUT2D eigenvalue weighted by molar-refractivity contribution is 9.10. The molecular weight excluding hydrogens is 378 g/mol. The number of carbonyl (C=O) groups excluding carboxylic acids is 2. The van der Waals surface area contributed by atoms with Crippen molar-refractivity contribution >= 4 is 33.3 Å². The number of halogens is 1. The molecule has 0 heterocycles. The third-order valence-electron chi connectivity index (χ3n) is 5.14. The van der Waals surface area contributed by atoms with Crippen molar-refractivity contribution in [3.05, 3.63) is 29.8 Å². The second-order valence-electron chi connectivity index (χ2n) is 7.73. The Balaban J connectivity index is 1.86. The zero-order chi connectivity index (χ0) is 18.4. The fourth-order valence-corrected chi connectivity index (χ4v) is 3.73. The fraction of sp³-hybridized carbons (Fsp3) is 0.619. The number of rotatable bonds is 7. The molecule has 0 unspecified atom stereocenters. The average Bonchev–Trinajstić information content (AvgIpc) is 2.59. The summed E-state index contributed by atoms with van der Waals surface area (Å²) in [6.07, 6.45) is 8.20. The van der Waals surface area contributed by atoms with E-state index in [1.165, 1.54) is 32.1 Å². The number of benzene rings is 1. The molecule has 1 aromatic carbocycles. The zero-order valence-corrected chi connectivity index (χ0v) is 17.2. The number of carbonyl (C=O) groups is 2. The summed E-state index contributed by atoms with van der Waals surface area (Å²) >= 11 is 3.39. The molecular formula is C21H30BrNO2. The molecule has 1 fully saturated rings. The number of alkyl halides is 1. The summed E-state index contributed by atoms with van der Waals surface area (Å²) in [6.45, 7) is 5.90. The zero-order valence-electron chi connectivity index (χ0n) is 15.6. The predicted molar refractivity (Wildman–Crippen MR) is 107 cm³/mol. The van der Waals surface area contributed by atoms with Gasteiger partial charge in [-0.05, 0) is 69.7 Å². The predicted octanol–water partition coefficient (Wildman–Crippen LogP) is 5.98. The van der Waals surface area contributed by atoms with Gasteiger partial charge < -0.3 is 5.32 Å². The van der Waals surface area contributed by atoms with E-state index in [2.05, 4.69) is 28.2 Å². The lowest BCUT2D eigenvalue weighted by atomic mass is 9.79. The van der Waals surface area contributed by atoms with Crippen molar-refractivity contribution in [3.63, 3.8) is 0 Å². The molecule has 0 aliphatic heterocycles. The molecule has 1 saturated carbocycles. The average molecular weight is 408 g/mol. The molecule has 1 N–H and O–H groups in total. The first-order valence-electron chi connectivity index (χ1n) is 9.46. The Kier molecular flexibility index (Phi) is 7.24. The van der Waals surface area contributed by atoms with E-state index in [1.807, 2.05) is 26.0 Å². The smallest absolute Gasteiger partial charge is 0.227 e. The van der Waals surface area contributed by atoms with Crippen molar-refractivity contribution in [3.8, 4) is 0 Å². The Labute approximate surface area is 160 Å². The minimum absolute atomic E-state index is 0.0378. The van der Waals surface area contributed by atoms with Crippen LogP contribution in [-0.4, -0.2) is 16.0 Å². The van der Waals surface area contributed by atoms with Crippen molar-refractivity contribution in [1.29, 1.82) is 0 Å². The lowest BCUT2D eigenvalue weighted by molar-refractivity contribution is -0.121. The van der Waals surface area contributed by atoms with Crippen LogP contribution in [0, 0.1) is 11.8 Å². The SMILES string of the molecule is CCCCC1CCC(C(=O)Nc2ccc(C(=O)C(C)(C)Br)cc2)CC1. The van der Waals surface area contributed by atoms with Crippen molar-refractivity contribution in [2.75, 3.05) is 5.32 Å². The minimum atomic E-state index is -0.575. The van der Waals surface area contributed by atoms with E-state index in [0.717, 1.165) is 24.4 Å². The van der Waals surface area contributed by atoms with Gasteiger partial charge in [-0.3, -0.25) is 9.59 Å². The molecule has 1 aromatic rings. The van der Waals surface area contributed by atoms with Crippen molar-refractivity contribution in [2.45, 2.75) is 70.0 Å². The fourth-order valence-electron chi connectivity index (χ4n) is 3.50. The first-order valence-corrected chi connectivity index (χ1v) is 10.2. The molecule has 25 heavy (non-hydrogen) atoms. The number of hydrogen-bond acceptors (Lipinski definition) is 2. The van der Waals surface area contributed by atoms with E-state index in [0.29, 0.717) is 5.56 Å². The Hall–Kier alpha value is -1.16. The Morgan fingerprint density at radius 2 is 1.72 bits per heavy atom. The van der Waals surface area contributed by atoms with Gasteiger partial charge in [-0.2, -0.15) is 0 Å². The highest BCUT2D eigenvalue weighted by Crippen LogP contribution is 2.32. The summed E-state index contributed by atoms with van der Waals surface area (Å²) in [4.78, 5) is 24.7. The molecule has 1 amide bonds. The first kappa shape index (κ1) is 20.2. The molecule has 0 saturated heterocycles. The van der Waals surface area contributed by atoms with Gasteiger partial charge in [-0.25, -0.2) is 0 Å². The van der Waals surface area contributed by atoms with E-state index in [-0.39, 0.29) is 17.6 Å². The summed E-state index contributed by atoms with van der Waals surface area (Å²) in [5.41, 5.74) is 1.42. The van der Waals surface area contributed by atoms with Crippen LogP contribution in [0.3, 0.4) is 0 Å². The van der Waals surface area contributed by atoms with Gasteiger partial charge in [0.2, 0.25) is 5.91 Å². The van der Waals surface area contributed by atoms with Crippen LogP contribution in [0.5, 0.6) is 0 Å². The molecule has 0 aromatic heterocycles. The van der Waals surface area contributed by atoms with Gasteiger partial charge in [0, 0.05) is 17.2 Å². The second kappa shape index (κ2) is 8.98. The molecule has 1 aliphatic carbocycles. The summed E-state index contributed by atoms with van der Waals surface area (Å²) in [6, 6.07) is 7.19. The van der Waals surface area contributed by atoms with Gasteiger partial charge in [0.15, 0.2) is 5.78 Å². The van der Waals surface area contributed by atoms with Crippen LogP contribution in [0.25, 0.3) is 0 Å². The third-order valence-corrected chi connectivity index (χ3v) is 5.50. The second-order valence-corrected chi connectivity index (χ2v) is 9.71. The van der Waals surface area contributed by atoms with Gasteiger partial charge in [-0.15, -0.1) is 0 Å². The lowest BCUT2D eigenvalue weighted by Crippen LogP contribution is -2.27. The van der Waals surface area contributed by atoms with Crippen LogP contribution in [0.1, 0.15) is 76.1 Å². The van der Waals surface area contributed by atoms with Crippen LogP contribution in [0.2, 0.25) is 0 Å². The topological polar surface area (TPSA) is 46.2 Å². The summed E-state index contributed by atoms with van der Waals surface area (Å²) in [5, 5.41) is 3.01. The van der Waals surface area contributed by atoms with Crippen molar-refractivity contribution in [1.82, 2.24) is 0 Å². The number of hydrogen-bond donors (Lipinski definition) is 1. The Morgan fingerprint density at radius 1 is 1.12 bits per heavy atom. The number of anilines is 1. The molecule has 1 aliphatic rings. The summed E-state index contributed by atoms with van der Waals surface area (Å²) < 4.78 is -0.575.